The second kappa shape index (κ2) is 12.0. The highest BCUT2D eigenvalue weighted by Crippen LogP contribution is 2.36. The van der Waals surface area contributed by atoms with E-state index in [1.54, 1.807) is 11.9 Å². The molecule has 32 heavy (non-hydrogen) atoms. The number of aryl methyl sites for hydroxylation is 1. The lowest BCUT2D eigenvalue weighted by Gasteiger charge is -2.36. The number of carbonyl (C=O) groups excluding carboxylic acids is 1. The summed E-state index contributed by atoms with van der Waals surface area (Å²) in [6.07, 6.45) is 10.5. The van der Waals surface area contributed by atoms with E-state index in [9.17, 15) is 15.0 Å². The molecule has 2 N–H and O–H groups in total. The second-order valence-corrected chi connectivity index (χ2v) is 9.23. The van der Waals surface area contributed by atoms with Crippen LogP contribution in [0.25, 0.3) is 0 Å². The number of amides is 1. The number of anilines is 1. The molecule has 2 aromatic carbocycles. The van der Waals surface area contributed by atoms with E-state index in [-0.39, 0.29) is 18.2 Å². The zero-order chi connectivity index (χ0) is 22.8. The Kier molecular flexibility index (Phi) is 9.07. The summed E-state index contributed by atoms with van der Waals surface area (Å²) >= 11 is 0. The predicted molar refractivity (Wildman–Crippen MR) is 131 cm³/mol. The van der Waals surface area contributed by atoms with Crippen molar-refractivity contribution in [2.24, 2.45) is 5.92 Å². The Morgan fingerprint density at radius 3 is 2.53 bits per heavy atom. The van der Waals surface area contributed by atoms with Gasteiger partial charge in [0.1, 0.15) is 0 Å². The molecule has 4 heteroatoms. The van der Waals surface area contributed by atoms with Gasteiger partial charge in [-0.25, -0.2) is 0 Å². The summed E-state index contributed by atoms with van der Waals surface area (Å²) in [4.78, 5) is 14.4. The lowest BCUT2D eigenvalue weighted by atomic mass is 9.76. The highest BCUT2D eigenvalue weighted by atomic mass is 16.3. The monoisotopic (exact) mass is 435 g/mol. The smallest absolute Gasteiger partial charge is 0.229 e. The van der Waals surface area contributed by atoms with Crippen molar-refractivity contribution in [3.05, 3.63) is 78.4 Å². The first-order chi connectivity index (χ1) is 15.5. The highest BCUT2D eigenvalue weighted by molar-refractivity contribution is 5.93. The van der Waals surface area contributed by atoms with E-state index in [0.29, 0.717) is 12.8 Å². The first-order valence-corrected chi connectivity index (χ1v) is 11.9. The Balaban J connectivity index is 1.42. The van der Waals surface area contributed by atoms with E-state index in [0.717, 1.165) is 44.2 Å². The number of carbonyl (C=O) groups is 1. The molecular weight excluding hydrogens is 398 g/mol. The van der Waals surface area contributed by atoms with Gasteiger partial charge in [0.05, 0.1) is 18.1 Å². The van der Waals surface area contributed by atoms with Gasteiger partial charge >= 0.3 is 0 Å². The molecule has 1 aliphatic rings. The van der Waals surface area contributed by atoms with Gasteiger partial charge in [0.15, 0.2) is 0 Å². The number of aliphatic hydroxyl groups is 2. The van der Waals surface area contributed by atoms with Gasteiger partial charge in [-0.2, -0.15) is 0 Å². The zero-order valence-corrected chi connectivity index (χ0v) is 19.2. The summed E-state index contributed by atoms with van der Waals surface area (Å²) < 4.78 is 0. The van der Waals surface area contributed by atoms with Crippen LogP contribution in [0.3, 0.4) is 0 Å². The number of rotatable bonds is 10. The fourth-order valence-electron chi connectivity index (χ4n) is 4.61. The molecular formula is C28H37NO3. The number of para-hydroxylation sites is 1. The molecule has 1 saturated carbocycles. The zero-order valence-electron chi connectivity index (χ0n) is 19.2. The highest BCUT2D eigenvalue weighted by Gasteiger charge is 2.36. The van der Waals surface area contributed by atoms with Gasteiger partial charge in [0.25, 0.3) is 0 Å². The molecule has 0 bridgehead atoms. The number of unbranched alkanes of at least 4 members (excludes halogenated alkanes) is 1. The van der Waals surface area contributed by atoms with Crippen LogP contribution >= 0.6 is 0 Å². The third-order valence-electron chi connectivity index (χ3n) is 6.52. The van der Waals surface area contributed by atoms with Crippen molar-refractivity contribution in [3.63, 3.8) is 0 Å². The van der Waals surface area contributed by atoms with Crippen molar-refractivity contribution in [3.8, 4) is 0 Å². The summed E-state index contributed by atoms with van der Waals surface area (Å²) in [6.45, 7) is 0. The third kappa shape index (κ3) is 7.61. The minimum absolute atomic E-state index is 0.0678. The standard InChI is InChI=1S/C28H37NO3/c1-29(25-15-6-3-7-16-25)27(31)22-28(32)20-10-14-24(21-28)18-19-26(30)17-9-8-13-23-11-4-2-5-12-23/h2-7,11-12,15-16,18-19,24,26,30,32H,8-10,13-14,17,20-22H2,1H3/b19-18+/t24-,26?,28-/m1/s1. The first-order valence-electron chi connectivity index (χ1n) is 11.9. The van der Waals surface area contributed by atoms with Crippen LogP contribution in [0, 0.1) is 5.92 Å². The number of hydrogen-bond donors (Lipinski definition) is 2. The Labute approximate surface area is 192 Å². The van der Waals surface area contributed by atoms with E-state index in [1.807, 2.05) is 42.5 Å². The van der Waals surface area contributed by atoms with Gasteiger partial charge < -0.3 is 15.1 Å². The fraction of sp³-hybridized carbons (Fsp3) is 0.464. The molecule has 3 rings (SSSR count). The van der Waals surface area contributed by atoms with Gasteiger partial charge in [-0.1, -0.05) is 67.1 Å². The molecule has 0 spiro atoms. The lowest BCUT2D eigenvalue weighted by Crippen LogP contribution is -2.41. The Hall–Kier alpha value is -2.43. The number of hydrogen-bond acceptors (Lipinski definition) is 3. The van der Waals surface area contributed by atoms with Crippen LogP contribution in [0.15, 0.2) is 72.8 Å². The SMILES string of the molecule is CN(C(=O)C[C@@]1(O)CCC[C@H](/C=C/C(O)CCCCc2ccccc2)C1)c1ccccc1. The molecule has 4 nitrogen and oxygen atoms in total. The van der Waals surface area contributed by atoms with Gasteiger partial charge in [-0.05, 0) is 68.6 Å². The average molecular weight is 436 g/mol. The van der Waals surface area contributed by atoms with Crippen molar-refractivity contribution in [1.29, 1.82) is 0 Å². The van der Waals surface area contributed by atoms with E-state index in [4.69, 9.17) is 0 Å². The minimum Gasteiger partial charge on any atom is -0.389 e. The molecule has 2 aromatic rings. The van der Waals surface area contributed by atoms with Gasteiger partial charge in [0.2, 0.25) is 5.91 Å². The van der Waals surface area contributed by atoms with Crippen LogP contribution in [0.4, 0.5) is 5.69 Å². The van der Waals surface area contributed by atoms with Crippen molar-refractivity contribution in [2.75, 3.05) is 11.9 Å². The lowest BCUT2D eigenvalue weighted by molar-refractivity contribution is -0.125. The largest absolute Gasteiger partial charge is 0.389 e. The van der Waals surface area contributed by atoms with Crippen molar-refractivity contribution < 1.29 is 15.0 Å². The number of allylic oxidation sites excluding steroid dienone is 1. The molecule has 0 saturated heterocycles. The second-order valence-electron chi connectivity index (χ2n) is 9.23. The molecule has 3 atom stereocenters. The third-order valence-corrected chi connectivity index (χ3v) is 6.52. The Bertz CT molecular complexity index is 851. The van der Waals surface area contributed by atoms with Crippen LogP contribution in [0.5, 0.6) is 0 Å². The Morgan fingerprint density at radius 1 is 1.12 bits per heavy atom. The van der Waals surface area contributed by atoms with Gasteiger partial charge in [-0.3, -0.25) is 4.79 Å². The van der Waals surface area contributed by atoms with Gasteiger partial charge in [0, 0.05) is 12.7 Å². The van der Waals surface area contributed by atoms with Crippen LogP contribution in [0.2, 0.25) is 0 Å². The Morgan fingerprint density at radius 2 is 1.81 bits per heavy atom. The predicted octanol–water partition coefficient (Wildman–Crippen LogP) is 5.29. The van der Waals surface area contributed by atoms with E-state index in [1.165, 1.54) is 5.56 Å². The molecule has 0 radical (unpaired) electrons. The molecule has 1 fully saturated rings. The molecule has 0 aliphatic heterocycles. The fourth-order valence-corrected chi connectivity index (χ4v) is 4.61. The number of aliphatic hydroxyl groups excluding tert-OH is 1. The maximum Gasteiger partial charge on any atom is 0.229 e. The quantitative estimate of drug-likeness (QED) is 0.394. The maximum atomic E-state index is 12.7. The number of nitrogens with zero attached hydrogens (tertiary/aromatic N) is 1. The number of benzene rings is 2. The van der Waals surface area contributed by atoms with Gasteiger partial charge in [-0.15, -0.1) is 0 Å². The summed E-state index contributed by atoms with van der Waals surface area (Å²) in [5, 5.41) is 21.5. The summed E-state index contributed by atoms with van der Waals surface area (Å²) in [6, 6.07) is 20.0. The molecule has 1 unspecified atom stereocenters. The van der Waals surface area contributed by atoms with E-state index >= 15 is 0 Å². The van der Waals surface area contributed by atoms with Crippen LogP contribution < -0.4 is 4.90 Å². The minimum atomic E-state index is -0.978. The van der Waals surface area contributed by atoms with Crippen molar-refractivity contribution in [1.82, 2.24) is 0 Å². The van der Waals surface area contributed by atoms with E-state index in [2.05, 4.69) is 30.3 Å². The molecule has 172 valence electrons. The molecule has 1 aliphatic carbocycles. The summed E-state index contributed by atoms with van der Waals surface area (Å²) in [5.41, 5.74) is 1.20. The topological polar surface area (TPSA) is 60.8 Å². The molecule has 1 amide bonds. The molecule has 0 heterocycles. The summed E-state index contributed by atoms with van der Waals surface area (Å²) in [7, 11) is 1.76. The normalized spacial score (nSPS) is 22.0. The van der Waals surface area contributed by atoms with Crippen LogP contribution in [-0.4, -0.2) is 34.9 Å². The summed E-state index contributed by atoms with van der Waals surface area (Å²) in [5.74, 6) is 0.129. The van der Waals surface area contributed by atoms with E-state index < -0.39 is 11.7 Å². The van der Waals surface area contributed by atoms with Crippen molar-refractivity contribution in [2.45, 2.75) is 69.5 Å². The average Bonchev–Trinajstić information content (AvgIpc) is 2.81. The first kappa shape index (κ1) is 24.2. The molecule has 0 aromatic heterocycles. The van der Waals surface area contributed by atoms with Crippen LogP contribution in [0.1, 0.15) is 56.9 Å². The van der Waals surface area contributed by atoms with Crippen LogP contribution in [-0.2, 0) is 11.2 Å². The maximum absolute atomic E-state index is 12.7. The van der Waals surface area contributed by atoms with Crippen molar-refractivity contribution >= 4 is 11.6 Å².